The summed E-state index contributed by atoms with van der Waals surface area (Å²) in [6.07, 6.45) is 6.00. The van der Waals surface area contributed by atoms with Crippen LogP contribution in [0.1, 0.15) is 32.6 Å². The van der Waals surface area contributed by atoms with Crippen molar-refractivity contribution in [3.05, 3.63) is 12.7 Å². The first-order valence-electron chi connectivity index (χ1n) is 16.0. The van der Waals surface area contributed by atoms with Crippen LogP contribution in [0.3, 0.4) is 0 Å². The largest absolute Gasteiger partial charge is 0.460 e. The van der Waals surface area contributed by atoms with Crippen LogP contribution in [0.15, 0.2) is 12.7 Å². The third-order valence-electron chi connectivity index (χ3n) is 5.50. The molecule has 0 fully saturated rings. The van der Waals surface area contributed by atoms with Gasteiger partial charge >= 0.3 is 5.97 Å². The van der Waals surface area contributed by atoms with Crippen molar-refractivity contribution in [2.75, 3.05) is 152 Å². The summed E-state index contributed by atoms with van der Waals surface area (Å²) in [5, 5.41) is 0. The molecule has 0 saturated heterocycles. The third kappa shape index (κ3) is 38.8. The van der Waals surface area contributed by atoms with Crippen LogP contribution in [0.5, 0.6) is 0 Å². The van der Waals surface area contributed by atoms with Gasteiger partial charge in [0.25, 0.3) is 0 Å². The van der Waals surface area contributed by atoms with E-state index in [0.717, 1.165) is 19.1 Å². The topological polar surface area (TPSA) is 128 Å². The maximum absolute atomic E-state index is 10.8. The molecule has 13 nitrogen and oxygen atoms in total. The molecule has 0 aliphatic rings. The number of hydrogen-bond donors (Lipinski definition) is 0. The minimum absolute atomic E-state index is 0.200. The van der Waals surface area contributed by atoms with Crippen LogP contribution in [-0.4, -0.2) is 158 Å². The second-order valence-corrected chi connectivity index (χ2v) is 9.17. The minimum Gasteiger partial charge on any atom is -0.460 e. The zero-order valence-corrected chi connectivity index (χ0v) is 27.2. The summed E-state index contributed by atoms with van der Waals surface area (Å²) in [6.45, 7) is 17.1. The van der Waals surface area contributed by atoms with Crippen molar-refractivity contribution in [2.45, 2.75) is 32.6 Å². The number of hydrogen-bond acceptors (Lipinski definition) is 13. The smallest absolute Gasteiger partial charge is 0.330 e. The molecule has 0 aliphatic carbocycles. The molecule has 0 aliphatic heterocycles. The van der Waals surface area contributed by atoms with Gasteiger partial charge in [0.15, 0.2) is 0 Å². The molecule has 0 aromatic carbocycles. The Morgan fingerprint density at radius 2 is 0.636 bits per heavy atom. The summed E-state index contributed by atoms with van der Waals surface area (Å²) >= 11 is 0. The van der Waals surface area contributed by atoms with E-state index in [4.69, 9.17) is 56.8 Å². The van der Waals surface area contributed by atoms with E-state index in [0.29, 0.717) is 139 Å². The highest BCUT2D eigenvalue weighted by Gasteiger charge is 1.97. The van der Waals surface area contributed by atoms with E-state index in [1.165, 1.54) is 19.3 Å². The van der Waals surface area contributed by atoms with Crippen LogP contribution in [0, 0.1) is 0 Å². The van der Waals surface area contributed by atoms with E-state index in [-0.39, 0.29) is 6.61 Å². The van der Waals surface area contributed by atoms with Crippen molar-refractivity contribution in [3.63, 3.8) is 0 Å². The highest BCUT2D eigenvalue weighted by atomic mass is 16.6. The standard InChI is InChI=1S/C31H60O13/c1-3-5-6-7-8-33-9-10-34-11-12-35-13-14-36-15-16-37-17-18-38-19-20-39-21-22-40-23-24-41-25-26-42-27-28-43-29-30-44-31(32)4-2/h4H,2-3,5-30H2,1H3. The average molecular weight is 641 g/mol. The normalized spacial score (nSPS) is 11.3. The molecule has 262 valence electrons. The molecule has 0 aromatic rings. The molecule has 0 rings (SSSR count). The second kappa shape index (κ2) is 39.8. The van der Waals surface area contributed by atoms with Gasteiger partial charge in [-0.05, 0) is 6.42 Å². The van der Waals surface area contributed by atoms with Crippen molar-refractivity contribution < 1.29 is 61.6 Å². The van der Waals surface area contributed by atoms with Crippen molar-refractivity contribution in [1.29, 1.82) is 0 Å². The predicted molar refractivity (Wildman–Crippen MR) is 164 cm³/mol. The maximum atomic E-state index is 10.8. The molecule has 0 amide bonds. The Labute approximate surface area is 265 Å². The maximum Gasteiger partial charge on any atom is 0.330 e. The zero-order valence-electron chi connectivity index (χ0n) is 27.2. The van der Waals surface area contributed by atoms with E-state index >= 15 is 0 Å². The lowest BCUT2D eigenvalue weighted by Gasteiger charge is -2.09. The Morgan fingerprint density at radius 1 is 0.386 bits per heavy atom. The number of rotatable bonds is 39. The zero-order chi connectivity index (χ0) is 31.9. The fourth-order valence-electron chi connectivity index (χ4n) is 3.19. The van der Waals surface area contributed by atoms with Crippen LogP contribution >= 0.6 is 0 Å². The Balaban J connectivity index is 3.05. The van der Waals surface area contributed by atoms with Crippen LogP contribution in [-0.2, 0) is 61.6 Å². The average Bonchev–Trinajstić information content (AvgIpc) is 3.04. The SMILES string of the molecule is C=CC(=O)OCCOCCOCCOCCOCCOCCOCCOCCOCCOCCOCCOCCCCCC. The number of unbranched alkanes of at least 4 members (excludes halogenated alkanes) is 3. The molecular formula is C31H60O13. The summed E-state index contributed by atoms with van der Waals surface area (Å²) in [6, 6.07) is 0. The van der Waals surface area contributed by atoms with Gasteiger partial charge in [0.2, 0.25) is 0 Å². The van der Waals surface area contributed by atoms with Crippen LogP contribution in [0.4, 0.5) is 0 Å². The van der Waals surface area contributed by atoms with Gasteiger partial charge in [-0.25, -0.2) is 4.79 Å². The highest BCUT2D eigenvalue weighted by Crippen LogP contribution is 1.98. The third-order valence-corrected chi connectivity index (χ3v) is 5.50. The van der Waals surface area contributed by atoms with Gasteiger partial charge in [0.1, 0.15) is 6.61 Å². The van der Waals surface area contributed by atoms with Crippen molar-refractivity contribution in [2.24, 2.45) is 0 Å². The fourth-order valence-corrected chi connectivity index (χ4v) is 3.19. The van der Waals surface area contributed by atoms with E-state index in [1.54, 1.807) is 0 Å². The van der Waals surface area contributed by atoms with E-state index in [9.17, 15) is 4.79 Å². The summed E-state index contributed by atoms with van der Waals surface area (Å²) in [4.78, 5) is 10.8. The molecule has 0 spiro atoms. The van der Waals surface area contributed by atoms with Gasteiger partial charge < -0.3 is 56.8 Å². The van der Waals surface area contributed by atoms with Gasteiger partial charge in [-0.2, -0.15) is 0 Å². The molecule has 0 unspecified atom stereocenters. The van der Waals surface area contributed by atoms with Gasteiger partial charge in [-0.15, -0.1) is 0 Å². The lowest BCUT2D eigenvalue weighted by molar-refractivity contribution is -0.139. The molecule has 0 radical (unpaired) electrons. The van der Waals surface area contributed by atoms with Gasteiger partial charge in [-0.3, -0.25) is 0 Å². The first kappa shape index (κ1) is 42.8. The Bertz CT molecular complexity index is 569. The summed E-state index contributed by atoms with van der Waals surface area (Å²) in [5.74, 6) is -0.458. The van der Waals surface area contributed by atoms with E-state index in [2.05, 4.69) is 13.5 Å². The lowest BCUT2D eigenvalue weighted by atomic mass is 10.2. The molecule has 0 bridgehead atoms. The Kier molecular flexibility index (Phi) is 38.7. The van der Waals surface area contributed by atoms with Crippen molar-refractivity contribution >= 4 is 5.97 Å². The van der Waals surface area contributed by atoms with Crippen LogP contribution in [0.2, 0.25) is 0 Å². The summed E-state index contributed by atoms with van der Waals surface area (Å²) in [5.41, 5.74) is 0. The highest BCUT2D eigenvalue weighted by molar-refractivity contribution is 5.81. The molecule has 0 atom stereocenters. The minimum atomic E-state index is -0.458. The quantitative estimate of drug-likeness (QED) is 0.0555. The number of esters is 1. The van der Waals surface area contributed by atoms with Crippen molar-refractivity contribution in [1.82, 2.24) is 0 Å². The molecule has 0 N–H and O–H groups in total. The molecular weight excluding hydrogens is 580 g/mol. The summed E-state index contributed by atoms with van der Waals surface area (Å²) in [7, 11) is 0. The molecule has 0 saturated carbocycles. The fraction of sp³-hybridized carbons (Fsp3) is 0.903. The van der Waals surface area contributed by atoms with Crippen molar-refractivity contribution in [3.8, 4) is 0 Å². The molecule has 0 heterocycles. The Morgan fingerprint density at radius 3 is 0.886 bits per heavy atom. The molecule has 13 heteroatoms. The second-order valence-electron chi connectivity index (χ2n) is 9.17. The van der Waals surface area contributed by atoms with E-state index in [1.807, 2.05) is 0 Å². The first-order chi connectivity index (χ1) is 21.8. The van der Waals surface area contributed by atoms with Crippen LogP contribution < -0.4 is 0 Å². The summed E-state index contributed by atoms with van der Waals surface area (Å²) < 4.78 is 64.7. The molecule has 44 heavy (non-hydrogen) atoms. The first-order valence-corrected chi connectivity index (χ1v) is 16.0. The van der Waals surface area contributed by atoms with Gasteiger partial charge in [0.05, 0.1) is 139 Å². The van der Waals surface area contributed by atoms with Gasteiger partial charge in [-0.1, -0.05) is 32.8 Å². The number of carbonyl (C=O) groups is 1. The lowest BCUT2D eigenvalue weighted by Crippen LogP contribution is -2.15. The molecule has 0 aromatic heterocycles. The van der Waals surface area contributed by atoms with Crippen LogP contribution in [0.25, 0.3) is 0 Å². The Hall–Kier alpha value is -1.23. The number of carbonyl (C=O) groups excluding carboxylic acids is 1. The number of ether oxygens (including phenoxy) is 12. The van der Waals surface area contributed by atoms with Gasteiger partial charge in [0, 0.05) is 12.7 Å². The van der Waals surface area contributed by atoms with E-state index < -0.39 is 5.97 Å². The monoisotopic (exact) mass is 640 g/mol. The predicted octanol–water partition coefficient (Wildman–Crippen LogP) is 2.48.